The number of amides is 1. The molecular formula is C34H41N5O2S. The number of anilines is 1. The molecule has 2 aliphatic rings. The van der Waals surface area contributed by atoms with Crippen LogP contribution in [0.15, 0.2) is 71.6 Å². The summed E-state index contributed by atoms with van der Waals surface area (Å²) in [5.41, 5.74) is 3.78. The Morgan fingerprint density at radius 2 is 1.83 bits per heavy atom. The standard InChI is InChI=1S/C32H35N5O2S.C2H6/c1-36-16-7-11-26(31(36)35-29(14-19-38)37-17-3-2-4-18-37)24-9-5-10-25-27-20-23(12-13-28(27)40-30(24)25)34-32(39)22-8-6-15-33-21-22;1-2/h5,7,9-14,16,19-20,22,33H,2-4,6,8,15,17-18,21H2,1H3,(H,34,39);1-2H3/b29-14+,35-31-;. The van der Waals surface area contributed by atoms with Gasteiger partial charge in [-0.05, 0) is 69.0 Å². The van der Waals surface area contributed by atoms with E-state index < -0.39 is 0 Å². The molecule has 6 rings (SSSR count). The molecule has 7 nitrogen and oxygen atoms in total. The second-order valence-electron chi connectivity index (χ2n) is 10.7. The molecule has 8 heteroatoms. The number of pyridine rings is 1. The molecule has 2 saturated heterocycles. The smallest absolute Gasteiger partial charge is 0.228 e. The molecule has 1 unspecified atom stereocenters. The van der Waals surface area contributed by atoms with Crippen molar-refractivity contribution in [3.05, 3.63) is 72.1 Å². The first kappa shape index (κ1) is 29.7. The highest BCUT2D eigenvalue weighted by Gasteiger charge is 2.21. The Morgan fingerprint density at radius 1 is 1.02 bits per heavy atom. The minimum atomic E-state index is 0.0133. The SMILES string of the molecule is CC.Cn1cccc(-c2cccc3c2sc2ccc(NC(=O)C4CCCNC4)cc23)/c1=N/C(=C\C=O)N1CCCCC1. The second kappa shape index (κ2) is 13.9. The van der Waals surface area contributed by atoms with E-state index in [0.29, 0.717) is 0 Å². The lowest BCUT2D eigenvalue weighted by Gasteiger charge is -2.28. The number of carbonyl (C=O) groups excluding carboxylic acids is 2. The van der Waals surface area contributed by atoms with Gasteiger partial charge in [0.1, 0.15) is 17.6 Å². The van der Waals surface area contributed by atoms with Gasteiger partial charge in [-0.25, -0.2) is 4.99 Å². The van der Waals surface area contributed by atoms with Crippen molar-refractivity contribution in [2.24, 2.45) is 18.0 Å². The number of likely N-dealkylation sites (tertiary alicyclic amines) is 1. The third kappa shape index (κ3) is 6.35. The van der Waals surface area contributed by atoms with Crippen LogP contribution in [-0.2, 0) is 16.6 Å². The number of benzene rings is 2. The summed E-state index contributed by atoms with van der Waals surface area (Å²) in [5, 5.41) is 8.77. The van der Waals surface area contributed by atoms with Gasteiger partial charge in [0.15, 0.2) is 0 Å². The number of thiophene rings is 1. The molecule has 2 aliphatic heterocycles. The topological polar surface area (TPSA) is 78.7 Å². The van der Waals surface area contributed by atoms with E-state index in [1.807, 2.05) is 43.8 Å². The number of carbonyl (C=O) groups is 2. The molecule has 42 heavy (non-hydrogen) atoms. The first-order valence-electron chi connectivity index (χ1n) is 15.2. The van der Waals surface area contributed by atoms with Crippen LogP contribution in [-0.4, -0.2) is 47.8 Å². The van der Waals surface area contributed by atoms with Gasteiger partial charge in [0.25, 0.3) is 0 Å². The predicted octanol–water partition coefficient (Wildman–Crippen LogP) is 6.45. The quantitative estimate of drug-likeness (QED) is 0.202. The van der Waals surface area contributed by atoms with Crippen molar-refractivity contribution in [3.63, 3.8) is 0 Å². The number of aromatic nitrogens is 1. The van der Waals surface area contributed by atoms with E-state index in [1.54, 1.807) is 17.4 Å². The lowest BCUT2D eigenvalue weighted by molar-refractivity contribution is -0.120. The van der Waals surface area contributed by atoms with Gasteiger partial charge in [0.2, 0.25) is 5.91 Å². The van der Waals surface area contributed by atoms with E-state index in [-0.39, 0.29) is 11.8 Å². The van der Waals surface area contributed by atoms with Crippen LogP contribution < -0.4 is 16.1 Å². The summed E-state index contributed by atoms with van der Waals surface area (Å²) in [6.07, 6.45) is 9.82. The number of aldehydes is 1. The van der Waals surface area contributed by atoms with Crippen LogP contribution in [0.3, 0.4) is 0 Å². The van der Waals surface area contributed by atoms with Crippen LogP contribution in [0.5, 0.6) is 0 Å². The van der Waals surface area contributed by atoms with Gasteiger partial charge in [0, 0.05) is 75.9 Å². The fourth-order valence-electron chi connectivity index (χ4n) is 5.87. The lowest BCUT2D eigenvalue weighted by atomic mass is 9.98. The molecule has 0 saturated carbocycles. The number of nitrogens with zero attached hydrogens (tertiary/aromatic N) is 3. The Balaban J connectivity index is 0.00000173. The van der Waals surface area contributed by atoms with E-state index in [0.717, 1.165) is 97.0 Å². The first-order chi connectivity index (χ1) is 20.6. The molecule has 2 fully saturated rings. The average molecular weight is 584 g/mol. The molecule has 0 aliphatic carbocycles. The number of hydrogen-bond acceptors (Lipinski definition) is 6. The summed E-state index contributed by atoms with van der Waals surface area (Å²) < 4.78 is 4.38. The molecule has 2 N–H and O–H groups in total. The van der Waals surface area contributed by atoms with Crippen molar-refractivity contribution in [2.75, 3.05) is 31.5 Å². The number of allylic oxidation sites excluding steroid dienone is 1. The number of fused-ring (bicyclic) bond motifs is 3. The van der Waals surface area contributed by atoms with Crippen LogP contribution in [0.4, 0.5) is 5.69 Å². The van der Waals surface area contributed by atoms with Crippen LogP contribution in [0.1, 0.15) is 46.0 Å². The third-order valence-electron chi connectivity index (χ3n) is 7.99. The van der Waals surface area contributed by atoms with Crippen molar-refractivity contribution in [2.45, 2.75) is 46.0 Å². The van der Waals surface area contributed by atoms with Gasteiger partial charge in [-0.15, -0.1) is 11.3 Å². The van der Waals surface area contributed by atoms with E-state index in [1.165, 1.54) is 15.8 Å². The molecule has 0 spiro atoms. The Labute approximate surface area is 252 Å². The largest absolute Gasteiger partial charge is 0.356 e. The minimum absolute atomic E-state index is 0.0133. The monoisotopic (exact) mass is 583 g/mol. The van der Waals surface area contributed by atoms with Crippen LogP contribution in [0.2, 0.25) is 0 Å². The summed E-state index contributed by atoms with van der Waals surface area (Å²) >= 11 is 1.76. The molecule has 1 amide bonds. The van der Waals surface area contributed by atoms with Gasteiger partial charge >= 0.3 is 0 Å². The average Bonchev–Trinajstić information content (AvgIpc) is 3.42. The van der Waals surface area contributed by atoms with Gasteiger partial charge in [-0.2, -0.15) is 0 Å². The highest BCUT2D eigenvalue weighted by Crippen LogP contribution is 2.40. The Hall–Kier alpha value is -3.75. The molecular weight excluding hydrogens is 542 g/mol. The number of aryl methyl sites for hydroxylation is 1. The predicted molar refractivity (Wildman–Crippen MR) is 174 cm³/mol. The van der Waals surface area contributed by atoms with Crippen LogP contribution in [0, 0.1) is 5.92 Å². The van der Waals surface area contributed by atoms with E-state index in [9.17, 15) is 9.59 Å². The van der Waals surface area contributed by atoms with E-state index in [2.05, 4.69) is 51.9 Å². The Kier molecular flexibility index (Phi) is 9.87. The fourth-order valence-corrected chi connectivity index (χ4v) is 7.08. The Morgan fingerprint density at radius 3 is 2.60 bits per heavy atom. The van der Waals surface area contributed by atoms with Gasteiger partial charge in [-0.3, -0.25) is 9.59 Å². The van der Waals surface area contributed by atoms with Crippen molar-refractivity contribution < 1.29 is 9.59 Å². The molecule has 2 aromatic carbocycles. The summed E-state index contributed by atoms with van der Waals surface area (Å²) in [6, 6.07) is 16.7. The molecule has 0 radical (unpaired) electrons. The molecule has 0 bridgehead atoms. The number of nitrogens with one attached hydrogen (secondary N) is 2. The number of rotatable bonds is 6. The highest BCUT2D eigenvalue weighted by molar-refractivity contribution is 7.26. The maximum absolute atomic E-state index is 12.9. The summed E-state index contributed by atoms with van der Waals surface area (Å²) in [6.45, 7) is 7.55. The molecule has 4 heterocycles. The molecule has 4 aromatic rings. The van der Waals surface area contributed by atoms with Crippen molar-refractivity contribution in [3.8, 4) is 11.1 Å². The zero-order valence-corrected chi connectivity index (χ0v) is 25.7. The van der Waals surface area contributed by atoms with Crippen LogP contribution >= 0.6 is 11.3 Å². The van der Waals surface area contributed by atoms with Crippen molar-refractivity contribution in [1.29, 1.82) is 0 Å². The van der Waals surface area contributed by atoms with Crippen LogP contribution in [0.25, 0.3) is 31.3 Å². The zero-order chi connectivity index (χ0) is 29.5. The van der Waals surface area contributed by atoms with E-state index in [4.69, 9.17) is 4.99 Å². The van der Waals surface area contributed by atoms with Gasteiger partial charge in [0.05, 0.1) is 5.92 Å². The Bertz CT molecular complexity index is 1660. The fraction of sp³-hybridized carbons (Fsp3) is 0.382. The molecule has 220 valence electrons. The summed E-state index contributed by atoms with van der Waals surface area (Å²) in [7, 11) is 2.00. The normalized spacial score (nSPS) is 18.1. The molecule has 2 aromatic heterocycles. The van der Waals surface area contributed by atoms with E-state index >= 15 is 0 Å². The maximum Gasteiger partial charge on any atom is 0.228 e. The number of hydrogen-bond donors (Lipinski definition) is 2. The first-order valence-corrected chi connectivity index (χ1v) is 16.0. The van der Waals surface area contributed by atoms with Crippen molar-refractivity contribution >= 4 is 49.4 Å². The second-order valence-corrected chi connectivity index (χ2v) is 11.8. The maximum atomic E-state index is 12.9. The summed E-state index contributed by atoms with van der Waals surface area (Å²) in [5.74, 6) is 0.817. The minimum Gasteiger partial charge on any atom is -0.356 e. The molecule has 1 atom stereocenters. The van der Waals surface area contributed by atoms with Gasteiger partial charge in [-0.1, -0.05) is 32.0 Å². The van der Waals surface area contributed by atoms with Crippen molar-refractivity contribution in [1.82, 2.24) is 14.8 Å². The van der Waals surface area contributed by atoms with Gasteiger partial charge < -0.3 is 20.1 Å². The summed E-state index contributed by atoms with van der Waals surface area (Å²) in [4.78, 5) is 31.7. The zero-order valence-electron chi connectivity index (χ0n) is 24.9. The third-order valence-corrected chi connectivity index (χ3v) is 9.21. The number of piperidine rings is 2. The lowest BCUT2D eigenvalue weighted by Crippen LogP contribution is -2.37. The highest BCUT2D eigenvalue weighted by atomic mass is 32.1.